The van der Waals surface area contributed by atoms with E-state index in [2.05, 4.69) is 6.07 Å². The Morgan fingerprint density at radius 2 is 1.57 bits per heavy atom. The molecule has 1 unspecified atom stereocenters. The number of fused-ring (bicyclic) bond motifs is 1. The van der Waals surface area contributed by atoms with Crippen LogP contribution in [0.5, 0.6) is 0 Å². The Morgan fingerprint density at radius 3 is 2.03 bits per heavy atom. The molecule has 0 saturated carbocycles. The molecular weight excluding hydrogens is 456 g/mol. The summed E-state index contributed by atoms with van der Waals surface area (Å²) in [7, 11) is -4.42. The number of hydrogen-bond acceptors (Lipinski definition) is 7. The fourth-order valence-electron chi connectivity index (χ4n) is 2.70. The number of nitrogens with one attached hydrogen (secondary N) is 1. The summed E-state index contributed by atoms with van der Waals surface area (Å²) in [5.74, 6) is -0.480. The molecule has 0 aliphatic rings. The summed E-state index contributed by atoms with van der Waals surface area (Å²) in [6, 6.07) is 14.1. The Morgan fingerprint density at radius 1 is 1.07 bits per heavy atom. The maximum absolute atomic E-state index is 13.2. The Bertz CT molecular complexity index is 871. The fourth-order valence-corrected chi connectivity index (χ4v) is 5.12. The molecule has 0 spiro atoms. The Kier molecular flexibility index (Phi) is 10.9. The third-order valence-corrected chi connectivity index (χ3v) is 6.81. The average Bonchev–Trinajstić information content (AvgIpc) is 2.64. The number of hydrogen-bond donors (Lipinski definition) is 1. The highest BCUT2D eigenvalue weighted by atomic mass is 35.7. The lowest BCUT2D eigenvalue weighted by Crippen LogP contribution is -3.09. The summed E-state index contributed by atoms with van der Waals surface area (Å²) < 4.78 is 58.2. The number of benzene rings is 2. The van der Waals surface area contributed by atoms with Gasteiger partial charge in [0.2, 0.25) is 5.78 Å². The smallest absolute Gasteiger partial charge is 0.324 e. The van der Waals surface area contributed by atoms with Gasteiger partial charge in [-0.1, -0.05) is 48.0 Å². The number of quaternary nitrogens is 1. The van der Waals surface area contributed by atoms with Crippen LogP contribution >= 0.6 is 19.2 Å². The van der Waals surface area contributed by atoms with Gasteiger partial charge in [-0.25, -0.2) is 18.6 Å². The van der Waals surface area contributed by atoms with Gasteiger partial charge in [0.05, 0.1) is 32.3 Å². The number of rotatable bonds is 8. The zero-order chi connectivity index (χ0) is 22.9. The van der Waals surface area contributed by atoms with E-state index in [1.54, 1.807) is 6.08 Å². The number of halogens is 2. The van der Waals surface area contributed by atoms with E-state index in [-0.39, 0.29) is 0 Å². The minimum absolute atomic E-state index is 0.322. The van der Waals surface area contributed by atoms with Gasteiger partial charge >= 0.3 is 7.60 Å². The predicted molar refractivity (Wildman–Crippen MR) is 105 cm³/mol. The SMILES string of the molecule is CCOP(=O)(OCC)C(/C=C(\Cl)c1ccc2ccccc2c1)[NH+](C)C.[O-][Cl+3]([O-])([O-])[O-]. The molecule has 11 heteroatoms. The molecule has 168 valence electrons. The third kappa shape index (κ3) is 8.99. The standard InChI is InChI=1S/C19H25ClNO3P.ClHO4/c1-5-23-25(22,24-6-2)19(21(3)4)14-18(20)17-12-11-15-9-7-8-10-16(15)13-17;2-1(3,4)5/h7-14,19H,5-6H2,1-4H3;(H,2,3,4,5)/b18-14-;. The van der Waals surface area contributed by atoms with E-state index in [1.807, 2.05) is 64.3 Å². The molecule has 2 rings (SSSR count). The van der Waals surface area contributed by atoms with Crippen molar-refractivity contribution in [2.75, 3.05) is 27.3 Å². The van der Waals surface area contributed by atoms with Gasteiger partial charge in [-0.3, -0.25) is 4.57 Å². The first kappa shape index (κ1) is 27.0. The molecule has 0 aromatic heterocycles. The van der Waals surface area contributed by atoms with E-state index in [0.29, 0.717) is 18.2 Å². The first-order valence-corrected chi connectivity index (χ1v) is 12.3. The van der Waals surface area contributed by atoms with Crippen LogP contribution < -0.4 is 23.5 Å². The zero-order valence-corrected chi connectivity index (χ0v) is 19.6. The maximum Gasteiger partial charge on any atom is 0.391 e. The van der Waals surface area contributed by atoms with Crippen molar-refractivity contribution < 1.29 is 47.4 Å². The van der Waals surface area contributed by atoms with Crippen LogP contribution in [0.2, 0.25) is 0 Å². The van der Waals surface area contributed by atoms with Crippen LogP contribution in [0.1, 0.15) is 19.4 Å². The first-order valence-electron chi connectivity index (χ1n) is 9.08. The second-order valence-corrected chi connectivity index (χ2v) is 9.67. The molecule has 0 aliphatic carbocycles. The fraction of sp³-hybridized carbons (Fsp3) is 0.368. The van der Waals surface area contributed by atoms with E-state index in [9.17, 15) is 4.57 Å². The highest BCUT2D eigenvalue weighted by Crippen LogP contribution is 2.51. The van der Waals surface area contributed by atoms with Crippen molar-refractivity contribution >= 4 is 35.0 Å². The molecule has 0 aliphatic heterocycles. The van der Waals surface area contributed by atoms with Crippen molar-refractivity contribution in [3.8, 4) is 0 Å². The van der Waals surface area contributed by atoms with Crippen molar-refractivity contribution in [1.29, 1.82) is 0 Å². The van der Waals surface area contributed by atoms with Gasteiger partial charge in [0.1, 0.15) is 0 Å². The van der Waals surface area contributed by atoms with Crippen molar-refractivity contribution in [2.45, 2.75) is 19.6 Å². The van der Waals surface area contributed by atoms with Gasteiger partial charge < -0.3 is 13.9 Å². The van der Waals surface area contributed by atoms with Gasteiger partial charge in [-0.15, -0.1) is 10.2 Å². The Hall–Kier alpha value is -1.03. The summed E-state index contributed by atoms with van der Waals surface area (Å²) in [6.45, 7) is 4.26. The highest BCUT2D eigenvalue weighted by molar-refractivity contribution is 7.54. The quantitative estimate of drug-likeness (QED) is 0.497. The van der Waals surface area contributed by atoms with Crippen LogP contribution in [-0.4, -0.2) is 33.1 Å². The molecule has 0 saturated heterocycles. The summed E-state index contributed by atoms with van der Waals surface area (Å²) in [5, 5.41) is 2.80. The van der Waals surface area contributed by atoms with Crippen LogP contribution in [0, 0.1) is 10.2 Å². The monoisotopic (exact) mass is 481 g/mol. The molecular formula is C19H26Cl2NO7P. The van der Waals surface area contributed by atoms with Crippen LogP contribution in [-0.2, 0) is 13.6 Å². The van der Waals surface area contributed by atoms with Gasteiger partial charge in [0, 0.05) is 6.08 Å². The third-order valence-electron chi connectivity index (χ3n) is 3.88. The normalized spacial score (nSPS) is 13.9. The predicted octanol–water partition coefficient (Wildman–Crippen LogP) is -0.600. The lowest BCUT2D eigenvalue weighted by molar-refractivity contribution is -2.00. The molecule has 2 aromatic carbocycles. The van der Waals surface area contributed by atoms with Crippen LogP contribution in [0.15, 0.2) is 48.5 Å². The first-order chi connectivity index (χ1) is 13.9. The zero-order valence-electron chi connectivity index (χ0n) is 17.2. The molecule has 1 N–H and O–H groups in total. The minimum Gasteiger partial charge on any atom is -0.324 e. The molecule has 8 nitrogen and oxygen atoms in total. The van der Waals surface area contributed by atoms with Gasteiger partial charge in [0.25, 0.3) is 0 Å². The summed E-state index contributed by atoms with van der Waals surface area (Å²) in [6.07, 6.45) is 1.78. The molecule has 0 fully saturated rings. The van der Waals surface area contributed by atoms with Gasteiger partial charge in [-0.2, -0.15) is 0 Å². The average molecular weight is 482 g/mol. The Balaban J connectivity index is 0.000000804. The summed E-state index contributed by atoms with van der Waals surface area (Å²) in [4.78, 5) is 0.934. The van der Waals surface area contributed by atoms with E-state index in [0.717, 1.165) is 21.2 Å². The molecule has 0 bridgehead atoms. The lowest BCUT2D eigenvalue weighted by Gasteiger charge is -2.26. The van der Waals surface area contributed by atoms with E-state index >= 15 is 0 Å². The molecule has 0 radical (unpaired) electrons. The van der Waals surface area contributed by atoms with Crippen LogP contribution in [0.4, 0.5) is 0 Å². The van der Waals surface area contributed by atoms with E-state index in [4.69, 9.17) is 39.3 Å². The molecule has 0 amide bonds. The summed E-state index contributed by atoms with van der Waals surface area (Å²) in [5.41, 5.74) is 0.881. The van der Waals surface area contributed by atoms with Crippen molar-refractivity contribution in [3.05, 3.63) is 54.1 Å². The minimum atomic E-state index is -4.94. The number of likely N-dealkylation sites (N-methyl/N-ethyl adjacent to an activating group) is 1. The van der Waals surface area contributed by atoms with Gasteiger partial charge in [0.15, 0.2) is 0 Å². The van der Waals surface area contributed by atoms with Crippen LogP contribution in [0.3, 0.4) is 0 Å². The molecule has 30 heavy (non-hydrogen) atoms. The summed E-state index contributed by atoms with van der Waals surface area (Å²) >= 11 is 6.57. The molecule has 1 atom stereocenters. The van der Waals surface area contributed by atoms with Gasteiger partial charge in [-0.05, 0) is 36.2 Å². The molecule has 0 heterocycles. The maximum atomic E-state index is 13.2. The lowest BCUT2D eigenvalue weighted by atomic mass is 10.1. The largest absolute Gasteiger partial charge is 0.391 e. The molecule has 2 aromatic rings. The highest BCUT2D eigenvalue weighted by Gasteiger charge is 2.39. The second-order valence-electron chi connectivity index (χ2n) is 6.35. The Labute approximate surface area is 183 Å². The second kappa shape index (κ2) is 12.1. The van der Waals surface area contributed by atoms with Crippen LogP contribution in [0.25, 0.3) is 15.8 Å². The van der Waals surface area contributed by atoms with E-state index in [1.165, 1.54) is 0 Å². The topological polar surface area (TPSA) is 132 Å². The van der Waals surface area contributed by atoms with Crippen molar-refractivity contribution in [1.82, 2.24) is 0 Å². The van der Waals surface area contributed by atoms with Crippen molar-refractivity contribution in [3.63, 3.8) is 0 Å². The van der Waals surface area contributed by atoms with E-state index < -0.39 is 23.6 Å². The van der Waals surface area contributed by atoms with Crippen molar-refractivity contribution in [2.24, 2.45) is 0 Å².